The molecule has 1 aliphatic heterocycles. The monoisotopic (exact) mass is 353 g/mol. The van der Waals surface area contributed by atoms with Crippen LogP contribution in [0.1, 0.15) is 42.9 Å². The molecule has 0 spiro atoms. The smallest absolute Gasteiger partial charge is 0.233 e. The van der Waals surface area contributed by atoms with Gasteiger partial charge in [-0.1, -0.05) is 6.92 Å². The molecule has 2 N–H and O–H groups in total. The van der Waals surface area contributed by atoms with Crippen molar-refractivity contribution in [3.8, 4) is 0 Å². The van der Waals surface area contributed by atoms with E-state index in [0.717, 1.165) is 37.4 Å². The first-order chi connectivity index (χ1) is 12.7. The molecule has 0 aliphatic carbocycles. The maximum absolute atomic E-state index is 12.4. The van der Waals surface area contributed by atoms with Crippen molar-refractivity contribution < 1.29 is 4.79 Å². The van der Waals surface area contributed by atoms with E-state index in [2.05, 4.69) is 31.8 Å². The van der Waals surface area contributed by atoms with Gasteiger partial charge in [-0.3, -0.25) is 13.9 Å². The second-order valence-electron chi connectivity index (χ2n) is 6.55. The second-order valence-corrected chi connectivity index (χ2v) is 6.55. The molecule has 8 nitrogen and oxygen atoms in total. The lowest BCUT2D eigenvalue weighted by Gasteiger charge is -2.14. The number of hydrogen-bond acceptors (Lipinski definition) is 5. The predicted octanol–water partition coefficient (Wildman–Crippen LogP) is 1.23. The van der Waals surface area contributed by atoms with Crippen LogP contribution in [0.3, 0.4) is 0 Å². The van der Waals surface area contributed by atoms with E-state index in [1.165, 1.54) is 5.69 Å². The van der Waals surface area contributed by atoms with Crippen LogP contribution in [-0.4, -0.2) is 36.6 Å². The van der Waals surface area contributed by atoms with Gasteiger partial charge in [-0.2, -0.15) is 5.10 Å². The Balaban J connectivity index is 1.37. The molecular formula is C18H23N7O. The van der Waals surface area contributed by atoms with Gasteiger partial charge < -0.3 is 10.6 Å². The average molecular weight is 353 g/mol. The van der Waals surface area contributed by atoms with E-state index in [-0.39, 0.29) is 11.9 Å². The summed E-state index contributed by atoms with van der Waals surface area (Å²) in [5.74, 6) is 0.665. The molecule has 26 heavy (non-hydrogen) atoms. The topological polar surface area (TPSA) is 89.1 Å². The number of aromatic nitrogens is 5. The van der Waals surface area contributed by atoms with Crippen LogP contribution in [0.25, 0.3) is 5.78 Å². The summed E-state index contributed by atoms with van der Waals surface area (Å²) in [7, 11) is 0. The van der Waals surface area contributed by atoms with Crippen molar-refractivity contribution in [3.63, 3.8) is 0 Å². The van der Waals surface area contributed by atoms with E-state index < -0.39 is 0 Å². The summed E-state index contributed by atoms with van der Waals surface area (Å²) in [6.45, 7) is 4.72. The summed E-state index contributed by atoms with van der Waals surface area (Å²) in [4.78, 5) is 21.2. The Morgan fingerprint density at radius 1 is 1.46 bits per heavy atom. The minimum absolute atomic E-state index is 0.0194. The molecule has 4 heterocycles. The fourth-order valence-corrected chi connectivity index (χ4v) is 3.28. The normalized spacial score (nSPS) is 15.0. The van der Waals surface area contributed by atoms with Crippen molar-refractivity contribution in [2.24, 2.45) is 0 Å². The number of carbonyl (C=O) groups excluding carboxylic acids is 1. The largest absolute Gasteiger partial charge is 0.348 e. The van der Waals surface area contributed by atoms with E-state index in [1.54, 1.807) is 6.20 Å². The highest BCUT2D eigenvalue weighted by atomic mass is 16.1. The standard InChI is InChI=1S/C18H23N7O/c1-2-15(16-12-24-8-3-6-20-18(24)22-16)21-17(26)5-4-13-10-14-11-19-7-9-25(14)23-13/h3,6,8,10,12,15,19H,2,4-5,7,9,11H2,1H3,(H,21,26). The van der Waals surface area contributed by atoms with Crippen LogP contribution in [0.4, 0.5) is 0 Å². The van der Waals surface area contributed by atoms with E-state index in [4.69, 9.17) is 0 Å². The van der Waals surface area contributed by atoms with Crippen molar-refractivity contribution in [1.29, 1.82) is 0 Å². The zero-order valence-electron chi connectivity index (χ0n) is 14.9. The molecule has 1 aliphatic rings. The molecule has 0 saturated carbocycles. The van der Waals surface area contributed by atoms with Gasteiger partial charge in [0.2, 0.25) is 11.7 Å². The number of nitrogens with one attached hydrogen (secondary N) is 2. The first kappa shape index (κ1) is 16.7. The maximum Gasteiger partial charge on any atom is 0.233 e. The lowest BCUT2D eigenvalue weighted by Crippen LogP contribution is -2.28. The van der Waals surface area contributed by atoms with E-state index in [1.807, 2.05) is 34.5 Å². The Labute approximate surface area is 151 Å². The number of fused-ring (bicyclic) bond motifs is 2. The third kappa shape index (κ3) is 3.45. The predicted molar refractivity (Wildman–Crippen MR) is 96.4 cm³/mol. The third-order valence-electron chi connectivity index (χ3n) is 4.68. The molecule has 0 aromatic carbocycles. The van der Waals surface area contributed by atoms with Crippen molar-refractivity contribution >= 4 is 11.7 Å². The Morgan fingerprint density at radius 2 is 2.38 bits per heavy atom. The maximum atomic E-state index is 12.4. The highest BCUT2D eigenvalue weighted by Crippen LogP contribution is 2.16. The van der Waals surface area contributed by atoms with Gasteiger partial charge in [-0.05, 0) is 18.6 Å². The fourth-order valence-electron chi connectivity index (χ4n) is 3.28. The zero-order chi connectivity index (χ0) is 17.9. The number of rotatable bonds is 6. The fraction of sp³-hybridized carbons (Fsp3) is 0.444. The molecule has 3 aromatic heterocycles. The van der Waals surface area contributed by atoms with Gasteiger partial charge in [-0.25, -0.2) is 9.97 Å². The first-order valence-electron chi connectivity index (χ1n) is 9.08. The molecule has 0 radical (unpaired) electrons. The van der Waals surface area contributed by atoms with Crippen molar-refractivity contribution in [2.75, 3.05) is 6.54 Å². The Hall–Kier alpha value is -2.74. The molecule has 4 rings (SSSR count). The minimum atomic E-state index is -0.108. The number of carbonyl (C=O) groups is 1. The number of amides is 1. The molecular weight excluding hydrogens is 330 g/mol. The minimum Gasteiger partial charge on any atom is -0.348 e. The Morgan fingerprint density at radius 3 is 3.19 bits per heavy atom. The third-order valence-corrected chi connectivity index (χ3v) is 4.68. The first-order valence-corrected chi connectivity index (χ1v) is 9.08. The number of nitrogens with zero attached hydrogens (tertiary/aromatic N) is 5. The van der Waals surface area contributed by atoms with Crippen LogP contribution in [0.2, 0.25) is 0 Å². The molecule has 136 valence electrons. The summed E-state index contributed by atoms with van der Waals surface area (Å²) in [5, 5.41) is 11.0. The van der Waals surface area contributed by atoms with Gasteiger partial charge in [0, 0.05) is 44.5 Å². The van der Waals surface area contributed by atoms with E-state index in [0.29, 0.717) is 18.6 Å². The molecule has 1 amide bonds. The lowest BCUT2D eigenvalue weighted by atomic mass is 10.1. The summed E-state index contributed by atoms with van der Waals surface area (Å²) >= 11 is 0. The SMILES string of the molecule is CCC(NC(=O)CCc1cc2n(n1)CCNC2)c1cn2cccnc2n1. The molecule has 1 unspecified atom stereocenters. The van der Waals surface area contributed by atoms with Crippen molar-refractivity contribution in [3.05, 3.63) is 47.8 Å². The van der Waals surface area contributed by atoms with Gasteiger partial charge in [0.1, 0.15) is 0 Å². The van der Waals surface area contributed by atoms with Gasteiger partial charge in [-0.15, -0.1) is 0 Å². The number of hydrogen-bond donors (Lipinski definition) is 2. The molecule has 0 bridgehead atoms. The van der Waals surface area contributed by atoms with E-state index in [9.17, 15) is 4.79 Å². The molecule has 8 heteroatoms. The van der Waals surface area contributed by atoms with Crippen LogP contribution in [0.5, 0.6) is 0 Å². The highest BCUT2D eigenvalue weighted by Gasteiger charge is 2.17. The summed E-state index contributed by atoms with van der Waals surface area (Å²) in [5.41, 5.74) is 3.00. The number of imidazole rings is 1. The molecule has 3 aromatic rings. The van der Waals surface area contributed by atoms with E-state index >= 15 is 0 Å². The Kier molecular flexibility index (Phi) is 4.66. The lowest BCUT2D eigenvalue weighted by molar-refractivity contribution is -0.121. The average Bonchev–Trinajstić information content (AvgIpc) is 3.27. The summed E-state index contributed by atoms with van der Waals surface area (Å²) < 4.78 is 3.90. The van der Waals surface area contributed by atoms with Crippen LogP contribution in [0, 0.1) is 0 Å². The van der Waals surface area contributed by atoms with Crippen molar-refractivity contribution in [1.82, 2.24) is 34.8 Å². The summed E-state index contributed by atoms with van der Waals surface area (Å²) in [6, 6.07) is 3.84. The van der Waals surface area contributed by atoms with Crippen LogP contribution >= 0.6 is 0 Å². The Bertz CT molecular complexity index is 857. The van der Waals surface area contributed by atoms with Crippen LogP contribution in [0.15, 0.2) is 30.7 Å². The van der Waals surface area contributed by atoms with Crippen LogP contribution in [-0.2, 0) is 24.3 Å². The molecule has 0 fully saturated rings. The molecule has 0 saturated heterocycles. The van der Waals surface area contributed by atoms with Gasteiger partial charge in [0.05, 0.1) is 29.7 Å². The van der Waals surface area contributed by atoms with Gasteiger partial charge >= 0.3 is 0 Å². The quantitative estimate of drug-likeness (QED) is 0.696. The zero-order valence-corrected chi connectivity index (χ0v) is 14.9. The van der Waals surface area contributed by atoms with Gasteiger partial charge in [0.25, 0.3) is 0 Å². The second kappa shape index (κ2) is 7.25. The van der Waals surface area contributed by atoms with Crippen molar-refractivity contribution in [2.45, 2.75) is 45.3 Å². The molecule has 1 atom stereocenters. The highest BCUT2D eigenvalue weighted by molar-refractivity contribution is 5.76. The van der Waals surface area contributed by atoms with Gasteiger partial charge in [0.15, 0.2) is 0 Å². The summed E-state index contributed by atoms with van der Waals surface area (Å²) in [6.07, 6.45) is 7.39. The number of aryl methyl sites for hydroxylation is 1. The van der Waals surface area contributed by atoms with Crippen LogP contribution < -0.4 is 10.6 Å².